The van der Waals surface area contributed by atoms with Crippen LogP contribution in [0.25, 0.3) is 0 Å². The quantitative estimate of drug-likeness (QED) is 0.445. The van der Waals surface area contributed by atoms with Crippen molar-refractivity contribution in [1.29, 1.82) is 0 Å². The number of nitrogens with zero attached hydrogens (tertiary/aromatic N) is 4. The number of nitrogens with one attached hydrogen (secondary N) is 1. The van der Waals surface area contributed by atoms with E-state index in [0.717, 1.165) is 72.9 Å². The Hall–Kier alpha value is -2.06. The number of fused-ring (bicyclic) bond motifs is 2. The first-order chi connectivity index (χ1) is 17.3. The van der Waals surface area contributed by atoms with Crippen LogP contribution in [0.4, 0.5) is 0 Å². The molecule has 1 aliphatic carbocycles. The highest BCUT2D eigenvalue weighted by molar-refractivity contribution is 7.14. The molecule has 2 aromatic rings. The molecule has 4 heterocycles. The maximum Gasteiger partial charge on any atom is 0.223 e. The molecule has 0 unspecified atom stereocenters. The fourth-order valence-corrected chi connectivity index (χ4v) is 7.81. The number of thiophene rings is 1. The van der Waals surface area contributed by atoms with Gasteiger partial charge in [-0.25, -0.2) is 0 Å². The standard InChI is InChI=1S/C28H41N5O2S/c1-17(2)27-31-30-19(4)33(27)23-15-21-9-10-22(16-23)32(21)14-13-24(26-12-11-25(36-26)18(3)34)29-28(35)20-7-5-6-8-20/h11-12,17,20-24H,5-10,13-16H2,1-4H3,(H,29,35)/t21-,22+,23-,24-/m0/s1. The summed E-state index contributed by atoms with van der Waals surface area (Å²) in [6, 6.07) is 5.54. The van der Waals surface area contributed by atoms with Crippen LogP contribution in [0.15, 0.2) is 12.1 Å². The van der Waals surface area contributed by atoms with Gasteiger partial charge in [0.05, 0.1) is 10.9 Å². The number of piperidine rings is 1. The molecule has 8 heteroatoms. The molecule has 5 rings (SSSR count). The minimum absolute atomic E-state index is 0.0269. The van der Waals surface area contributed by atoms with E-state index in [1.54, 1.807) is 18.3 Å². The molecule has 196 valence electrons. The van der Waals surface area contributed by atoms with E-state index in [9.17, 15) is 9.59 Å². The third kappa shape index (κ3) is 5.17. The number of amides is 1. The SMILES string of the molecule is CC(=O)c1ccc([C@H](CCN2[C@@H]3CC[C@H]2C[C@H](n2c(C)nnc2C(C)C)C3)NC(=O)C2CCCC2)s1. The highest BCUT2D eigenvalue weighted by Gasteiger charge is 2.42. The Morgan fingerprint density at radius 3 is 2.36 bits per heavy atom. The number of rotatable bonds is 9. The van der Waals surface area contributed by atoms with Gasteiger partial charge in [-0.3, -0.25) is 14.5 Å². The van der Waals surface area contributed by atoms with E-state index in [-0.39, 0.29) is 23.7 Å². The van der Waals surface area contributed by atoms with Crippen molar-refractivity contribution in [3.05, 3.63) is 33.5 Å². The van der Waals surface area contributed by atoms with Crippen molar-refractivity contribution < 1.29 is 9.59 Å². The van der Waals surface area contributed by atoms with Crippen molar-refractivity contribution in [2.75, 3.05) is 6.54 Å². The van der Waals surface area contributed by atoms with Gasteiger partial charge in [0, 0.05) is 41.4 Å². The number of hydrogen-bond acceptors (Lipinski definition) is 6. The largest absolute Gasteiger partial charge is 0.348 e. The van der Waals surface area contributed by atoms with Crippen LogP contribution in [0, 0.1) is 12.8 Å². The first-order valence-electron chi connectivity index (χ1n) is 13.9. The smallest absolute Gasteiger partial charge is 0.223 e. The van der Waals surface area contributed by atoms with Crippen LogP contribution in [0.3, 0.4) is 0 Å². The Labute approximate surface area is 219 Å². The van der Waals surface area contributed by atoms with Crippen LogP contribution >= 0.6 is 11.3 Å². The van der Waals surface area contributed by atoms with Gasteiger partial charge >= 0.3 is 0 Å². The molecular formula is C28H41N5O2S. The predicted molar refractivity (Wildman–Crippen MR) is 142 cm³/mol. The molecule has 0 spiro atoms. The highest BCUT2D eigenvalue weighted by atomic mass is 32.1. The summed E-state index contributed by atoms with van der Waals surface area (Å²) in [7, 11) is 0. The third-order valence-electron chi connectivity index (χ3n) is 8.67. The van der Waals surface area contributed by atoms with Crippen molar-refractivity contribution in [2.24, 2.45) is 5.92 Å². The summed E-state index contributed by atoms with van der Waals surface area (Å²) >= 11 is 1.54. The van der Waals surface area contributed by atoms with Gasteiger partial charge in [-0.15, -0.1) is 21.5 Å². The minimum Gasteiger partial charge on any atom is -0.348 e. The van der Waals surface area contributed by atoms with Gasteiger partial charge in [0.25, 0.3) is 0 Å². The third-order valence-corrected chi connectivity index (χ3v) is 9.97. The van der Waals surface area contributed by atoms with Crippen molar-refractivity contribution in [2.45, 2.75) is 116 Å². The van der Waals surface area contributed by atoms with Gasteiger partial charge in [0.1, 0.15) is 11.6 Å². The van der Waals surface area contributed by atoms with Crippen molar-refractivity contribution >= 4 is 23.0 Å². The number of ketones is 1. The molecular weight excluding hydrogens is 470 g/mol. The molecule has 2 saturated heterocycles. The van der Waals surface area contributed by atoms with E-state index < -0.39 is 0 Å². The molecule has 4 atom stereocenters. The van der Waals surface area contributed by atoms with E-state index in [4.69, 9.17) is 0 Å². The molecule has 3 aliphatic rings. The molecule has 2 aromatic heterocycles. The summed E-state index contributed by atoms with van der Waals surface area (Å²) in [5.74, 6) is 2.95. The van der Waals surface area contributed by atoms with Crippen LogP contribution in [0.1, 0.15) is 123 Å². The number of aromatic nitrogens is 3. The predicted octanol–water partition coefficient (Wildman–Crippen LogP) is 5.58. The van der Waals surface area contributed by atoms with Crippen LogP contribution < -0.4 is 5.32 Å². The second-order valence-corrected chi connectivity index (χ2v) is 12.6. The van der Waals surface area contributed by atoms with E-state index in [0.29, 0.717) is 24.0 Å². The number of hydrogen-bond donors (Lipinski definition) is 1. The minimum atomic E-state index is -0.0269. The van der Waals surface area contributed by atoms with E-state index >= 15 is 0 Å². The Balaban J connectivity index is 1.28. The fraction of sp³-hybridized carbons (Fsp3) is 0.714. The van der Waals surface area contributed by atoms with Crippen molar-refractivity contribution in [3.8, 4) is 0 Å². The van der Waals surface area contributed by atoms with Gasteiger partial charge in [0.2, 0.25) is 5.91 Å². The molecule has 1 saturated carbocycles. The van der Waals surface area contributed by atoms with Crippen molar-refractivity contribution in [3.63, 3.8) is 0 Å². The summed E-state index contributed by atoms with van der Waals surface area (Å²) < 4.78 is 2.41. The first-order valence-corrected chi connectivity index (χ1v) is 14.7. The fourth-order valence-electron chi connectivity index (χ4n) is 6.82. The Morgan fingerprint density at radius 1 is 1.06 bits per heavy atom. The molecule has 36 heavy (non-hydrogen) atoms. The van der Waals surface area contributed by atoms with Crippen LogP contribution in [-0.4, -0.2) is 50.0 Å². The lowest BCUT2D eigenvalue weighted by atomic mass is 9.95. The monoisotopic (exact) mass is 511 g/mol. The number of aryl methyl sites for hydroxylation is 1. The molecule has 7 nitrogen and oxygen atoms in total. The highest BCUT2D eigenvalue weighted by Crippen LogP contribution is 2.42. The summed E-state index contributed by atoms with van der Waals surface area (Å²) in [6.07, 6.45) is 9.95. The average molecular weight is 512 g/mol. The lowest BCUT2D eigenvalue weighted by Crippen LogP contribution is -2.45. The lowest BCUT2D eigenvalue weighted by molar-refractivity contribution is -0.125. The maximum atomic E-state index is 13.1. The van der Waals surface area contributed by atoms with Crippen molar-refractivity contribution in [1.82, 2.24) is 25.0 Å². The molecule has 1 amide bonds. The lowest BCUT2D eigenvalue weighted by Gasteiger charge is -2.40. The van der Waals surface area contributed by atoms with E-state index in [1.807, 2.05) is 12.1 Å². The zero-order chi connectivity index (χ0) is 25.4. The maximum absolute atomic E-state index is 13.1. The molecule has 1 N–H and O–H groups in total. The molecule has 0 aromatic carbocycles. The Kier molecular flexibility index (Phi) is 7.63. The summed E-state index contributed by atoms with van der Waals surface area (Å²) in [6.45, 7) is 9.08. The van der Waals surface area contributed by atoms with Gasteiger partial charge in [-0.2, -0.15) is 0 Å². The normalized spacial score (nSPS) is 25.5. The van der Waals surface area contributed by atoms with Gasteiger partial charge in [-0.1, -0.05) is 26.7 Å². The zero-order valence-corrected chi connectivity index (χ0v) is 23.0. The Bertz CT molecular complexity index is 1070. The van der Waals surface area contributed by atoms with Crippen LogP contribution in [0.2, 0.25) is 0 Å². The summed E-state index contributed by atoms with van der Waals surface area (Å²) in [4.78, 5) is 29.6. The van der Waals surface area contributed by atoms with Crippen LogP contribution in [-0.2, 0) is 4.79 Å². The van der Waals surface area contributed by atoms with E-state index in [1.165, 1.54) is 12.8 Å². The number of carbonyl (C=O) groups is 2. The molecule has 2 bridgehead atoms. The number of Topliss-reactive ketones (excluding diaryl/α,β-unsaturated/α-hetero) is 1. The summed E-state index contributed by atoms with van der Waals surface area (Å²) in [5, 5.41) is 12.3. The number of carbonyl (C=O) groups excluding carboxylic acids is 2. The molecule has 2 aliphatic heterocycles. The zero-order valence-electron chi connectivity index (χ0n) is 22.2. The van der Waals surface area contributed by atoms with E-state index in [2.05, 4.69) is 45.8 Å². The molecule has 3 fully saturated rings. The average Bonchev–Trinajstić information content (AvgIpc) is 3.63. The Morgan fingerprint density at radius 2 is 1.75 bits per heavy atom. The van der Waals surface area contributed by atoms with Gasteiger partial charge in [-0.05, 0) is 70.9 Å². The first kappa shape index (κ1) is 25.6. The van der Waals surface area contributed by atoms with Gasteiger partial charge in [0.15, 0.2) is 5.78 Å². The topological polar surface area (TPSA) is 80.1 Å². The summed E-state index contributed by atoms with van der Waals surface area (Å²) in [5.41, 5.74) is 0. The van der Waals surface area contributed by atoms with Gasteiger partial charge < -0.3 is 9.88 Å². The molecule has 0 radical (unpaired) electrons. The second-order valence-electron chi connectivity index (χ2n) is 11.5. The second kappa shape index (κ2) is 10.7. The van der Waals surface area contributed by atoms with Crippen LogP contribution in [0.5, 0.6) is 0 Å².